The van der Waals surface area contributed by atoms with E-state index in [1.807, 2.05) is 61.5 Å². The number of thioether (sulfide) groups is 1. The van der Waals surface area contributed by atoms with E-state index < -0.39 is 0 Å². The van der Waals surface area contributed by atoms with Crippen molar-refractivity contribution in [2.75, 3.05) is 5.32 Å². The summed E-state index contributed by atoms with van der Waals surface area (Å²) in [6, 6.07) is 17.5. The molecular weight excluding hydrogens is 444 g/mol. The monoisotopic (exact) mass is 458 g/mol. The zero-order valence-corrected chi connectivity index (χ0v) is 18.5. The van der Waals surface area contributed by atoms with Crippen molar-refractivity contribution in [1.82, 2.24) is 15.2 Å². The molecule has 9 heteroatoms. The number of halogens is 1. The molecule has 0 atom stereocenters. The van der Waals surface area contributed by atoms with E-state index in [2.05, 4.69) is 20.5 Å². The summed E-state index contributed by atoms with van der Waals surface area (Å²) < 4.78 is 0.785. The first-order chi connectivity index (χ1) is 14.1. The van der Waals surface area contributed by atoms with E-state index in [0.29, 0.717) is 15.8 Å². The van der Waals surface area contributed by atoms with Crippen molar-refractivity contribution in [3.05, 3.63) is 75.9 Å². The Kier molecular flexibility index (Phi) is 6.25. The lowest BCUT2D eigenvalue weighted by Crippen LogP contribution is -2.13. The third-order valence-corrected chi connectivity index (χ3v) is 7.20. The Morgan fingerprint density at radius 1 is 1.07 bits per heavy atom. The van der Waals surface area contributed by atoms with E-state index in [9.17, 15) is 4.79 Å². The third-order valence-electron chi connectivity index (χ3n) is 3.89. The van der Waals surface area contributed by atoms with Crippen LogP contribution in [0.2, 0.25) is 5.02 Å². The van der Waals surface area contributed by atoms with Gasteiger partial charge in [0.1, 0.15) is 5.69 Å². The van der Waals surface area contributed by atoms with Crippen LogP contribution in [0.1, 0.15) is 21.1 Å². The lowest BCUT2D eigenvalue weighted by atomic mass is 10.1. The molecule has 2 aromatic carbocycles. The summed E-state index contributed by atoms with van der Waals surface area (Å²) in [6.45, 7) is 1.89. The number of nitrogens with zero attached hydrogens (tertiary/aromatic N) is 3. The highest BCUT2D eigenvalue weighted by Crippen LogP contribution is 2.32. The molecule has 4 aromatic rings. The summed E-state index contributed by atoms with van der Waals surface area (Å²) >= 11 is 10.3. The van der Waals surface area contributed by atoms with E-state index in [4.69, 9.17) is 11.6 Å². The predicted molar refractivity (Wildman–Crippen MR) is 121 cm³/mol. The fourth-order valence-electron chi connectivity index (χ4n) is 2.57. The molecule has 0 fully saturated rings. The van der Waals surface area contributed by atoms with Crippen molar-refractivity contribution in [2.24, 2.45) is 0 Å². The molecule has 146 valence electrons. The first-order valence-corrected chi connectivity index (χ1v) is 11.6. The predicted octanol–water partition coefficient (Wildman–Crippen LogP) is 6.17. The fraction of sp³-hybridized carbons (Fsp3) is 0.100. The minimum atomic E-state index is -0.279. The van der Waals surface area contributed by atoms with Gasteiger partial charge in [-0.3, -0.25) is 10.1 Å². The maximum Gasteiger partial charge on any atom is 0.277 e. The molecule has 29 heavy (non-hydrogen) atoms. The molecule has 0 aliphatic carbocycles. The number of hydrogen-bond acceptors (Lipinski definition) is 7. The van der Waals surface area contributed by atoms with E-state index in [1.54, 1.807) is 11.8 Å². The average Bonchev–Trinajstić information content (AvgIpc) is 3.34. The van der Waals surface area contributed by atoms with Gasteiger partial charge < -0.3 is 0 Å². The van der Waals surface area contributed by atoms with Gasteiger partial charge in [0.15, 0.2) is 4.34 Å². The van der Waals surface area contributed by atoms with Crippen molar-refractivity contribution in [2.45, 2.75) is 17.0 Å². The lowest BCUT2D eigenvalue weighted by Gasteiger charge is -2.02. The highest BCUT2D eigenvalue weighted by Gasteiger charge is 2.19. The largest absolute Gasteiger partial charge is 0.295 e. The number of benzene rings is 2. The molecule has 5 nitrogen and oxygen atoms in total. The second-order valence-corrected chi connectivity index (χ2v) is 9.86. The quantitative estimate of drug-likeness (QED) is 0.276. The highest BCUT2D eigenvalue weighted by atomic mass is 35.5. The van der Waals surface area contributed by atoms with Gasteiger partial charge in [0, 0.05) is 10.8 Å². The number of anilines is 1. The normalized spacial score (nSPS) is 10.8. The van der Waals surface area contributed by atoms with E-state index in [1.165, 1.54) is 22.7 Å². The number of aryl methyl sites for hydroxylation is 1. The fourth-order valence-corrected chi connectivity index (χ4v) is 5.32. The Balaban J connectivity index is 1.44. The number of nitrogens with one attached hydrogen (secondary N) is 1. The van der Waals surface area contributed by atoms with Gasteiger partial charge in [-0.15, -0.1) is 21.5 Å². The second kappa shape index (κ2) is 9.04. The summed E-state index contributed by atoms with van der Waals surface area (Å²) in [5.74, 6) is 0.474. The van der Waals surface area contributed by atoms with E-state index >= 15 is 0 Å². The molecule has 0 saturated heterocycles. The molecule has 0 aliphatic heterocycles. The molecule has 1 N–H and O–H groups in total. The van der Waals surface area contributed by atoms with Crippen LogP contribution in [0.15, 0.2) is 58.9 Å². The van der Waals surface area contributed by atoms with Crippen molar-refractivity contribution in [3.63, 3.8) is 0 Å². The Hall–Kier alpha value is -2.26. The number of hydrogen-bond donors (Lipinski definition) is 1. The van der Waals surface area contributed by atoms with Crippen molar-refractivity contribution in [1.29, 1.82) is 0 Å². The van der Waals surface area contributed by atoms with Crippen LogP contribution in [0.3, 0.4) is 0 Å². The summed E-state index contributed by atoms with van der Waals surface area (Å²) in [6.07, 6.45) is 0. The van der Waals surface area contributed by atoms with Gasteiger partial charge in [-0.2, -0.15) is 0 Å². The molecule has 2 heterocycles. The number of carbonyl (C=O) groups excluding carboxylic acids is 1. The first-order valence-electron chi connectivity index (χ1n) is 8.63. The number of carbonyl (C=O) groups is 1. The van der Waals surface area contributed by atoms with Crippen LogP contribution in [-0.2, 0) is 5.75 Å². The van der Waals surface area contributed by atoms with Crippen LogP contribution < -0.4 is 5.32 Å². The van der Waals surface area contributed by atoms with Gasteiger partial charge in [0.25, 0.3) is 5.91 Å². The summed E-state index contributed by atoms with van der Waals surface area (Å²) in [5.41, 5.74) is 2.52. The minimum Gasteiger partial charge on any atom is -0.295 e. The smallest absolute Gasteiger partial charge is 0.277 e. The Morgan fingerprint density at radius 2 is 1.83 bits per heavy atom. The van der Waals surface area contributed by atoms with Crippen LogP contribution >= 0.6 is 46.0 Å². The zero-order chi connectivity index (χ0) is 20.2. The molecule has 2 aromatic heterocycles. The van der Waals surface area contributed by atoms with Crippen LogP contribution in [0.25, 0.3) is 10.4 Å². The molecular formula is C20H15ClN4OS3. The van der Waals surface area contributed by atoms with Crippen LogP contribution in [0, 0.1) is 6.92 Å². The molecule has 0 aliphatic rings. The van der Waals surface area contributed by atoms with Crippen molar-refractivity contribution < 1.29 is 4.79 Å². The van der Waals surface area contributed by atoms with Gasteiger partial charge in [-0.25, -0.2) is 4.98 Å². The average molecular weight is 459 g/mol. The SMILES string of the molecule is Cc1nc(C(=O)Nc2nnc(SCc3ccc(Cl)cc3)s2)c(-c2ccccc2)s1. The Bertz CT molecular complexity index is 1130. The maximum atomic E-state index is 12.8. The Morgan fingerprint density at radius 3 is 2.59 bits per heavy atom. The molecule has 4 rings (SSSR count). The highest BCUT2D eigenvalue weighted by molar-refractivity contribution is 8.00. The van der Waals surface area contributed by atoms with E-state index in [-0.39, 0.29) is 5.91 Å². The van der Waals surface area contributed by atoms with Crippen LogP contribution in [-0.4, -0.2) is 21.1 Å². The van der Waals surface area contributed by atoms with Crippen molar-refractivity contribution >= 4 is 57.1 Å². The van der Waals surface area contributed by atoms with Gasteiger partial charge in [0.05, 0.1) is 9.88 Å². The molecule has 0 bridgehead atoms. The number of amides is 1. The van der Waals surface area contributed by atoms with E-state index in [0.717, 1.165) is 31.1 Å². The van der Waals surface area contributed by atoms with Crippen molar-refractivity contribution in [3.8, 4) is 10.4 Å². The molecule has 0 radical (unpaired) electrons. The zero-order valence-electron chi connectivity index (χ0n) is 15.3. The number of thiazole rings is 1. The van der Waals surface area contributed by atoms with Crippen LogP contribution in [0.5, 0.6) is 0 Å². The van der Waals surface area contributed by atoms with Gasteiger partial charge in [0.2, 0.25) is 5.13 Å². The van der Waals surface area contributed by atoms with Crippen LogP contribution in [0.4, 0.5) is 5.13 Å². The molecule has 0 unspecified atom stereocenters. The first kappa shape index (κ1) is 20.0. The molecule has 0 spiro atoms. The maximum absolute atomic E-state index is 12.8. The lowest BCUT2D eigenvalue weighted by molar-refractivity contribution is 0.102. The minimum absolute atomic E-state index is 0.279. The Labute approximate surface area is 185 Å². The topological polar surface area (TPSA) is 67.8 Å². The number of aromatic nitrogens is 3. The molecule has 0 saturated carbocycles. The molecule has 1 amide bonds. The standard InChI is InChI=1S/C20H15ClN4OS3/c1-12-22-16(17(28-12)14-5-3-2-4-6-14)18(26)23-19-24-25-20(29-19)27-11-13-7-9-15(21)10-8-13/h2-10H,11H2,1H3,(H,23,24,26). The summed E-state index contributed by atoms with van der Waals surface area (Å²) in [7, 11) is 0. The van der Waals surface area contributed by atoms with Gasteiger partial charge >= 0.3 is 0 Å². The number of rotatable bonds is 6. The third kappa shape index (κ3) is 5.02. The van der Waals surface area contributed by atoms with Gasteiger partial charge in [-0.1, -0.05) is 77.2 Å². The summed E-state index contributed by atoms with van der Waals surface area (Å²) in [5, 5.41) is 13.1. The summed E-state index contributed by atoms with van der Waals surface area (Å²) in [4.78, 5) is 18.1. The second-order valence-electron chi connectivity index (χ2n) is 6.02. The van der Waals surface area contributed by atoms with Gasteiger partial charge in [-0.05, 0) is 30.2 Å².